The summed E-state index contributed by atoms with van der Waals surface area (Å²) in [5.41, 5.74) is 6.42. The van der Waals surface area contributed by atoms with Crippen molar-refractivity contribution in [1.29, 1.82) is 0 Å². The molecule has 0 atom stereocenters. The molecule has 1 aromatic heterocycles. The van der Waals surface area contributed by atoms with Crippen molar-refractivity contribution in [3.8, 4) is 5.69 Å². The Morgan fingerprint density at radius 1 is 1.29 bits per heavy atom. The van der Waals surface area contributed by atoms with E-state index in [1.807, 2.05) is 49.2 Å². The number of rotatable bonds is 5. The van der Waals surface area contributed by atoms with E-state index >= 15 is 0 Å². The van der Waals surface area contributed by atoms with Gasteiger partial charge in [-0.1, -0.05) is 25.1 Å². The number of nitrogens with zero attached hydrogens (tertiary/aromatic N) is 3. The molecule has 1 heterocycles. The molecule has 112 valence electrons. The maximum Gasteiger partial charge on any atom is 0.284 e. The third-order valence-electron chi connectivity index (χ3n) is 3.59. The molecule has 2 rings (SSSR count). The van der Waals surface area contributed by atoms with Crippen molar-refractivity contribution in [3.05, 3.63) is 51.9 Å². The normalized spacial score (nSPS) is 11.0. The maximum absolute atomic E-state index is 12.5. The molecule has 1 amide bonds. The average molecular weight is 288 g/mol. The van der Waals surface area contributed by atoms with Gasteiger partial charge in [-0.15, -0.1) is 0 Å². The third-order valence-corrected chi connectivity index (χ3v) is 3.59. The largest absolute Gasteiger partial charge is 0.365 e. The molecule has 0 aliphatic heterocycles. The maximum atomic E-state index is 12.5. The van der Waals surface area contributed by atoms with E-state index in [9.17, 15) is 9.59 Å². The number of nitrogens with two attached hydrogens (primary N) is 1. The lowest BCUT2D eigenvalue weighted by atomic mass is 10.2. The number of amides is 1. The number of primary amides is 1. The standard InChI is InChI=1S/C15H20N4O2/c1-4-17(2)10-12-13(14(16)20)15(21)19(18(12)3)11-8-6-5-7-9-11/h5-9H,4,10H2,1-3H3,(H2,16,20). The van der Waals surface area contributed by atoms with Crippen LogP contribution >= 0.6 is 0 Å². The topological polar surface area (TPSA) is 73.3 Å². The molecule has 21 heavy (non-hydrogen) atoms. The fourth-order valence-corrected chi connectivity index (χ4v) is 2.30. The summed E-state index contributed by atoms with van der Waals surface area (Å²) in [5, 5.41) is 0. The molecule has 2 aromatic rings. The number of hydrogen-bond donors (Lipinski definition) is 1. The number of carbonyl (C=O) groups excluding carboxylic acids is 1. The van der Waals surface area contributed by atoms with Gasteiger partial charge in [-0.05, 0) is 25.7 Å². The molecular weight excluding hydrogens is 268 g/mol. The van der Waals surface area contributed by atoms with Crippen molar-refractivity contribution in [1.82, 2.24) is 14.3 Å². The van der Waals surface area contributed by atoms with Crippen LogP contribution in [0.4, 0.5) is 0 Å². The molecule has 1 aromatic carbocycles. The first kappa shape index (κ1) is 15.1. The van der Waals surface area contributed by atoms with E-state index in [2.05, 4.69) is 0 Å². The third kappa shape index (κ3) is 2.75. The Kier molecular flexibility index (Phi) is 4.28. The van der Waals surface area contributed by atoms with Gasteiger partial charge >= 0.3 is 0 Å². The highest BCUT2D eigenvalue weighted by molar-refractivity contribution is 5.93. The molecule has 0 unspecified atom stereocenters. The van der Waals surface area contributed by atoms with Gasteiger partial charge in [0.1, 0.15) is 5.56 Å². The summed E-state index contributed by atoms with van der Waals surface area (Å²) in [6.07, 6.45) is 0. The smallest absolute Gasteiger partial charge is 0.284 e. The van der Waals surface area contributed by atoms with Gasteiger partial charge in [0.2, 0.25) is 0 Å². The predicted octanol–water partition coefficient (Wildman–Crippen LogP) is 0.727. The Bertz CT molecular complexity index is 700. The Hall–Kier alpha value is -2.34. The highest BCUT2D eigenvalue weighted by Crippen LogP contribution is 2.12. The van der Waals surface area contributed by atoms with Crippen LogP contribution in [0.15, 0.2) is 35.1 Å². The number of benzene rings is 1. The van der Waals surface area contributed by atoms with Gasteiger partial charge in [0.15, 0.2) is 0 Å². The second kappa shape index (κ2) is 5.97. The van der Waals surface area contributed by atoms with Crippen LogP contribution in [0.25, 0.3) is 5.69 Å². The van der Waals surface area contributed by atoms with E-state index in [4.69, 9.17) is 5.73 Å². The SMILES string of the molecule is CCN(C)Cc1c(C(N)=O)c(=O)n(-c2ccccc2)n1C. The lowest BCUT2D eigenvalue weighted by molar-refractivity contribution is 0.0997. The first-order valence-electron chi connectivity index (χ1n) is 6.82. The molecule has 0 spiro atoms. The first-order valence-corrected chi connectivity index (χ1v) is 6.82. The highest BCUT2D eigenvalue weighted by atomic mass is 16.2. The van der Waals surface area contributed by atoms with Gasteiger partial charge in [0.25, 0.3) is 11.5 Å². The minimum Gasteiger partial charge on any atom is -0.365 e. The van der Waals surface area contributed by atoms with Crippen molar-refractivity contribution in [2.75, 3.05) is 13.6 Å². The van der Waals surface area contributed by atoms with Crippen LogP contribution in [0, 0.1) is 0 Å². The van der Waals surface area contributed by atoms with Crippen molar-refractivity contribution in [2.24, 2.45) is 12.8 Å². The molecule has 0 fully saturated rings. The van der Waals surface area contributed by atoms with Crippen molar-refractivity contribution < 1.29 is 4.79 Å². The summed E-state index contributed by atoms with van der Waals surface area (Å²) in [6, 6.07) is 9.20. The van der Waals surface area contributed by atoms with E-state index < -0.39 is 5.91 Å². The molecule has 0 aliphatic rings. The lowest BCUT2D eigenvalue weighted by Gasteiger charge is -2.16. The van der Waals surface area contributed by atoms with Crippen LogP contribution < -0.4 is 11.3 Å². The number of hydrogen-bond acceptors (Lipinski definition) is 3. The molecule has 2 N–H and O–H groups in total. The van der Waals surface area contributed by atoms with Gasteiger partial charge < -0.3 is 10.6 Å². The van der Waals surface area contributed by atoms with Crippen LogP contribution in [0.3, 0.4) is 0 Å². The fourth-order valence-electron chi connectivity index (χ4n) is 2.30. The summed E-state index contributed by atoms with van der Waals surface area (Å²) in [7, 11) is 3.69. The number of aromatic nitrogens is 2. The van der Waals surface area contributed by atoms with E-state index in [1.165, 1.54) is 4.68 Å². The molecular formula is C15H20N4O2. The molecule has 6 nitrogen and oxygen atoms in total. The monoisotopic (exact) mass is 288 g/mol. The van der Waals surface area contributed by atoms with Crippen LogP contribution in [-0.2, 0) is 13.6 Å². The first-order chi connectivity index (χ1) is 9.97. The van der Waals surface area contributed by atoms with Crippen LogP contribution in [0.2, 0.25) is 0 Å². The van der Waals surface area contributed by atoms with Gasteiger partial charge in [-0.2, -0.15) is 0 Å². The van der Waals surface area contributed by atoms with Crippen LogP contribution in [-0.4, -0.2) is 33.8 Å². The molecule has 0 bridgehead atoms. The van der Waals surface area contributed by atoms with Crippen LogP contribution in [0.5, 0.6) is 0 Å². The lowest BCUT2D eigenvalue weighted by Crippen LogP contribution is -2.26. The Labute approximate surface area is 123 Å². The average Bonchev–Trinajstić information content (AvgIpc) is 2.71. The quantitative estimate of drug-likeness (QED) is 0.881. The zero-order valence-corrected chi connectivity index (χ0v) is 12.5. The summed E-state index contributed by atoms with van der Waals surface area (Å²) in [4.78, 5) is 26.2. The Morgan fingerprint density at radius 2 is 1.90 bits per heavy atom. The van der Waals surface area contributed by atoms with Crippen LogP contribution in [0.1, 0.15) is 23.0 Å². The summed E-state index contributed by atoms with van der Waals surface area (Å²) in [6.45, 7) is 3.31. The van der Waals surface area contributed by atoms with E-state index in [0.29, 0.717) is 17.9 Å². The summed E-state index contributed by atoms with van der Waals surface area (Å²) in [5.74, 6) is -0.690. The van der Waals surface area contributed by atoms with Crippen molar-refractivity contribution in [2.45, 2.75) is 13.5 Å². The zero-order chi connectivity index (χ0) is 15.6. The fraction of sp³-hybridized carbons (Fsp3) is 0.333. The van der Waals surface area contributed by atoms with Crippen molar-refractivity contribution >= 4 is 5.91 Å². The highest BCUT2D eigenvalue weighted by Gasteiger charge is 2.23. The Morgan fingerprint density at radius 3 is 2.43 bits per heavy atom. The summed E-state index contributed by atoms with van der Waals surface area (Å²) < 4.78 is 3.17. The zero-order valence-electron chi connectivity index (χ0n) is 12.5. The molecule has 6 heteroatoms. The van der Waals surface area contributed by atoms with Gasteiger partial charge in [-0.25, -0.2) is 4.68 Å². The van der Waals surface area contributed by atoms with Crippen molar-refractivity contribution in [3.63, 3.8) is 0 Å². The number of carbonyl (C=O) groups is 1. The summed E-state index contributed by atoms with van der Waals surface area (Å²) >= 11 is 0. The van der Waals surface area contributed by atoms with E-state index in [0.717, 1.165) is 6.54 Å². The number of para-hydroxylation sites is 1. The van der Waals surface area contributed by atoms with Gasteiger partial charge in [-0.3, -0.25) is 14.3 Å². The molecule has 0 radical (unpaired) electrons. The molecule has 0 saturated heterocycles. The second-order valence-corrected chi connectivity index (χ2v) is 4.99. The molecule has 0 aliphatic carbocycles. The second-order valence-electron chi connectivity index (χ2n) is 4.99. The van der Waals surface area contributed by atoms with Gasteiger partial charge in [0, 0.05) is 13.6 Å². The predicted molar refractivity (Wildman–Crippen MR) is 81.5 cm³/mol. The minimum absolute atomic E-state index is 0.0571. The minimum atomic E-state index is -0.690. The Balaban J connectivity index is 2.66. The van der Waals surface area contributed by atoms with E-state index in [-0.39, 0.29) is 11.1 Å². The molecule has 0 saturated carbocycles. The van der Waals surface area contributed by atoms with Gasteiger partial charge in [0.05, 0.1) is 11.4 Å². The van der Waals surface area contributed by atoms with E-state index in [1.54, 1.807) is 11.7 Å².